The lowest BCUT2D eigenvalue weighted by atomic mass is 9.96. The van der Waals surface area contributed by atoms with Gasteiger partial charge in [-0.1, -0.05) is 42.5 Å². The van der Waals surface area contributed by atoms with Crippen LogP contribution in [0, 0.1) is 6.92 Å². The molecule has 1 fully saturated rings. The first kappa shape index (κ1) is 19.9. The third kappa shape index (κ3) is 5.33. The van der Waals surface area contributed by atoms with Gasteiger partial charge in [0.2, 0.25) is 0 Å². The topological polar surface area (TPSA) is 54.5 Å². The van der Waals surface area contributed by atoms with Crippen molar-refractivity contribution in [3.63, 3.8) is 0 Å². The zero-order valence-corrected chi connectivity index (χ0v) is 16.9. The van der Waals surface area contributed by atoms with E-state index >= 15 is 0 Å². The van der Waals surface area contributed by atoms with Crippen molar-refractivity contribution in [1.82, 2.24) is 15.2 Å². The number of ether oxygens (including phenoxy) is 1. The van der Waals surface area contributed by atoms with Crippen LogP contribution in [-0.2, 0) is 11.3 Å². The average molecular weight is 390 g/mol. The molecular formula is C21H28ClN3O2. The van der Waals surface area contributed by atoms with Crippen molar-refractivity contribution < 1.29 is 9.53 Å². The Morgan fingerprint density at radius 2 is 2.07 bits per heavy atom. The zero-order valence-electron chi connectivity index (χ0n) is 16.1. The fraction of sp³-hybridized carbons (Fsp3) is 0.524. The minimum atomic E-state index is -0.0562. The molecule has 0 saturated heterocycles. The summed E-state index contributed by atoms with van der Waals surface area (Å²) >= 11 is 6.42. The summed E-state index contributed by atoms with van der Waals surface area (Å²) in [5.41, 5.74) is 2.89. The summed E-state index contributed by atoms with van der Waals surface area (Å²) in [6.07, 6.45) is 5.74. The van der Waals surface area contributed by atoms with Crippen LogP contribution >= 0.6 is 11.6 Å². The smallest absolute Gasteiger partial charge is 0.317 e. The number of carbonyl (C=O) groups excluding carboxylic acids is 1. The predicted molar refractivity (Wildman–Crippen MR) is 109 cm³/mol. The molecule has 1 N–H and O–H groups in total. The Morgan fingerprint density at radius 3 is 2.81 bits per heavy atom. The fourth-order valence-electron chi connectivity index (χ4n) is 3.60. The lowest BCUT2D eigenvalue weighted by Gasteiger charge is -2.28. The number of rotatable bonds is 6. The molecule has 1 saturated carbocycles. The summed E-state index contributed by atoms with van der Waals surface area (Å²) in [5, 5.41) is 4.66. The SMILES string of the molecule is COCCN(Cc1cc2cc(C)ccc2nc1Cl)C(=O)NC1CCCCC1. The Bertz CT molecular complexity index is 790. The van der Waals surface area contributed by atoms with Crippen molar-refractivity contribution in [3.05, 3.63) is 40.5 Å². The molecule has 0 radical (unpaired) electrons. The maximum atomic E-state index is 12.8. The van der Waals surface area contributed by atoms with Gasteiger partial charge in [0.05, 0.1) is 18.7 Å². The summed E-state index contributed by atoms with van der Waals surface area (Å²) in [6.45, 7) is 3.46. The average Bonchev–Trinajstić information content (AvgIpc) is 2.66. The van der Waals surface area contributed by atoms with Gasteiger partial charge in [0.15, 0.2) is 0 Å². The predicted octanol–water partition coefficient (Wildman–Crippen LogP) is 4.69. The number of carbonyl (C=O) groups is 1. The number of hydrogen-bond donors (Lipinski definition) is 1. The number of nitrogens with one attached hydrogen (secondary N) is 1. The monoisotopic (exact) mass is 389 g/mol. The van der Waals surface area contributed by atoms with E-state index in [0.29, 0.717) is 24.8 Å². The number of pyridine rings is 1. The van der Waals surface area contributed by atoms with Crippen molar-refractivity contribution in [3.8, 4) is 0 Å². The summed E-state index contributed by atoms with van der Waals surface area (Å²) in [7, 11) is 1.64. The van der Waals surface area contributed by atoms with Crippen LogP contribution in [0.5, 0.6) is 0 Å². The highest BCUT2D eigenvalue weighted by atomic mass is 35.5. The first-order valence-corrected chi connectivity index (χ1v) is 10.0. The number of amides is 2. The number of halogens is 1. The number of aromatic nitrogens is 1. The molecule has 0 atom stereocenters. The van der Waals surface area contributed by atoms with E-state index in [1.807, 2.05) is 18.2 Å². The van der Waals surface area contributed by atoms with Gasteiger partial charge in [-0.3, -0.25) is 0 Å². The van der Waals surface area contributed by atoms with Crippen LogP contribution < -0.4 is 5.32 Å². The Balaban J connectivity index is 1.77. The first-order chi connectivity index (χ1) is 13.1. The Morgan fingerprint density at radius 1 is 1.30 bits per heavy atom. The molecule has 2 aromatic rings. The number of nitrogens with zero attached hydrogens (tertiary/aromatic N) is 2. The largest absolute Gasteiger partial charge is 0.383 e. The molecular weight excluding hydrogens is 362 g/mol. The van der Waals surface area contributed by atoms with Gasteiger partial charge in [0.25, 0.3) is 0 Å². The molecule has 1 aliphatic carbocycles. The summed E-state index contributed by atoms with van der Waals surface area (Å²) < 4.78 is 5.20. The normalized spacial score (nSPS) is 15.1. The second-order valence-corrected chi connectivity index (χ2v) is 7.69. The lowest BCUT2D eigenvalue weighted by Crippen LogP contribution is -2.46. The van der Waals surface area contributed by atoms with Crippen molar-refractivity contribution in [2.75, 3.05) is 20.3 Å². The molecule has 0 unspecified atom stereocenters. The second kappa shape index (κ2) is 9.38. The number of hydrogen-bond acceptors (Lipinski definition) is 3. The Labute approximate surface area is 166 Å². The summed E-state index contributed by atoms with van der Waals surface area (Å²) in [6, 6.07) is 8.32. The van der Waals surface area contributed by atoms with Gasteiger partial charge in [-0.05, 0) is 38.0 Å². The van der Waals surface area contributed by atoms with Crippen LogP contribution in [0.2, 0.25) is 5.15 Å². The molecule has 146 valence electrons. The van der Waals surface area contributed by atoms with Gasteiger partial charge >= 0.3 is 6.03 Å². The lowest BCUT2D eigenvalue weighted by molar-refractivity contribution is 0.143. The molecule has 0 spiro atoms. The van der Waals surface area contributed by atoms with E-state index in [1.54, 1.807) is 12.0 Å². The van der Waals surface area contributed by atoms with Crippen LogP contribution in [0.3, 0.4) is 0 Å². The molecule has 0 aliphatic heterocycles. The van der Waals surface area contributed by atoms with Crippen LogP contribution in [0.25, 0.3) is 10.9 Å². The van der Waals surface area contributed by atoms with Gasteiger partial charge in [-0.25, -0.2) is 9.78 Å². The van der Waals surface area contributed by atoms with E-state index in [9.17, 15) is 4.79 Å². The summed E-state index contributed by atoms with van der Waals surface area (Å²) in [4.78, 5) is 19.1. The number of fused-ring (bicyclic) bond motifs is 1. The van der Waals surface area contributed by atoms with E-state index in [0.717, 1.165) is 29.3 Å². The third-order valence-corrected chi connectivity index (χ3v) is 5.47. The van der Waals surface area contributed by atoms with Crippen molar-refractivity contribution in [1.29, 1.82) is 0 Å². The Kier molecular flexibility index (Phi) is 6.91. The molecule has 1 aromatic carbocycles. The maximum absolute atomic E-state index is 12.8. The van der Waals surface area contributed by atoms with Crippen molar-refractivity contribution >= 4 is 28.5 Å². The van der Waals surface area contributed by atoms with E-state index in [1.165, 1.54) is 24.8 Å². The van der Waals surface area contributed by atoms with E-state index in [2.05, 4.69) is 23.3 Å². The zero-order chi connectivity index (χ0) is 19.2. The highest BCUT2D eigenvalue weighted by Crippen LogP contribution is 2.23. The molecule has 1 aliphatic rings. The van der Waals surface area contributed by atoms with E-state index < -0.39 is 0 Å². The molecule has 1 heterocycles. The maximum Gasteiger partial charge on any atom is 0.317 e. The second-order valence-electron chi connectivity index (χ2n) is 7.33. The molecule has 0 bridgehead atoms. The number of aryl methyl sites for hydroxylation is 1. The van der Waals surface area contributed by atoms with Crippen molar-refractivity contribution in [2.45, 2.75) is 51.6 Å². The first-order valence-electron chi connectivity index (χ1n) is 9.67. The Hall–Kier alpha value is -1.85. The highest BCUT2D eigenvalue weighted by Gasteiger charge is 2.21. The fourth-order valence-corrected chi connectivity index (χ4v) is 3.80. The molecule has 27 heavy (non-hydrogen) atoms. The highest BCUT2D eigenvalue weighted by molar-refractivity contribution is 6.30. The molecule has 3 rings (SSSR count). The minimum absolute atomic E-state index is 0.0562. The van der Waals surface area contributed by atoms with Crippen LogP contribution in [0.4, 0.5) is 4.79 Å². The van der Waals surface area contributed by atoms with Crippen LogP contribution in [-0.4, -0.2) is 42.2 Å². The molecule has 1 aromatic heterocycles. The molecule has 5 nitrogen and oxygen atoms in total. The summed E-state index contributed by atoms with van der Waals surface area (Å²) in [5.74, 6) is 0. The van der Waals surface area contributed by atoms with Gasteiger partial charge in [0.1, 0.15) is 5.15 Å². The number of methoxy groups -OCH3 is 1. The quantitative estimate of drug-likeness (QED) is 0.729. The third-order valence-electron chi connectivity index (χ3n) is 5.14. The number of benzene rings is 1. The molecule has 6 heteroatoms. The van der Waals surface area contributed by atoms with Gasteiger partial charge in [-0.15, -0.1) is 0 Å². The van der Waals surface area contributed by atoms with Crippen molar-refractivity contribution in [2.24, 2.45) is 0 Å². The molecule has 2 amide bonds. The standard InChI is InChI=1S/C21H28ClN3O2/c1-15-8-9-19-16(12-15)13-17(20(22)24-19)14-25(10-11-27-2)21(26)23-18-6-4-3-5-7-18/h8-9,12-13,18H,3-7,10-11,14H2,1-2H3,(H,23,26). The van der Waals surface area contributed by atoms with E-state index in [-0.39, 0.29) is 12.1 Å². The van der Waals surface area contributed by atoms with Gasteiger partial charge in [-0.2, -0.15) is 0 Å². The minimum Gasteiger partial charge on any atom is -0.383 e. The van der Waals surface area contributed by atoms with E-state index in [4.69, 9.17) is 16.3 Å². The number of urea groups is 1. The van der Waals surface area contributed by atoms with Gasteiger partial charge in [0, 0.05) is 30.6 Å². The van der Waals surface area contributed by atoms with Crippen LogP contribution in [0.15, 0.2) is 24.3 Å². The van der Waals surface area contributed by atoms with Gasteiger partial charge < -0.3 is 15.0 Å². The van der Waals surface area contributed by atoms with Crippen LogP contribution in [0.1, 0.15) is 43.2 Å².